The summed E-state index contributed by atoms with van der Waals surface area (Å²) in [4.78, 5) is 50.5. The summed E-state index contributed by atoms with van der Waals surface area (Å²) in [6.45, 7) is 2.56. The minimum atomic E-state index is -0.989. The summed E-state index contributed by atoms with van der Waals surface area (Å²) in [6.07, 6.45) is 1.79. The lowest BCUT2D eigenvalue weighted by molar-refractivity contribution is -0.153. The lowest BCUT2D eigenvalue weighted by Gasteiger charge is -2.32. The first-order valence-corrected chi connectivity index (χ1v) is 8.64. The number of carbonyl (C=O) groups is 3. The highest BCUT2D eigenvalue weighted by Gasteiger charge is 2.36. The number of benzene rings is 1. The third-order valence-electron chi connectivity index (χ3n) is 4.05. The molecule has 0 aliphatic carbocycles. The SMILES string of the molecule is CCN1CCN(C(=O)NC([C]=O)c2cc3ccccc3s2)C(=O)C1=O. The van der Waals surface area contributed by atoms with Crippen molar-refractivity contribution in [1.82, 2.24) is 15.1 Å². The number of fused-ring (bicyclic) bond motifs is 1. The van der Waals surface area contributed by atoms with E-state index in [1.54, 1.807) is 19.3 Å². The van der Waals surface area contributed by atoms with Gasteiger partial charge in [0, 0.05) is 29.2 Å². The Morgan fingerprint density at radius 3 is 2.72 bits per heavy atom. The normalized spacial score (nSPS) is 16.2. The average molecular weight is 358 g/mol. The minimum absolute atomic E-state index is 0.0994. The second kappa shape index (κ2) is 7.02. The Kier molecular flexibility index (Phi) is 4.80. The maximum absolute atomic E-state index is 12.4. The number of imide groups is 1. The van der Waals surface area contributed by atoms with Crippen molar-refractivity contribution in [1.29, 1.82) is 0 Å². The zero-order chi connectivity index (χ0) is 18.0. The van der Waals surface area contributed by atoms with Crippen LogP contribution in [0.5, 0.6) is 0 Å². The molecule has 8 heteroatoms. The number of rotatable bonds is 4. The molecule has 2 aromatic rings. The third-order valence-corrected chi connectivity index (χ3v) is 5.23. The Labute approximate surface area is 148 Å². The minimum Gasteiger partial charge on any atom is -0.333 e. The fourth-order valence-corrected chi connectivity index (χ4v) is 3.73. The van der Waals surface area contributed by atoms with Gasteiger partial charge in [0.25, 0.3) is 0 Å². The standard InChI is InChI=1S/C17H16N3O4S/c1-2-19-7-8-20(16(23)15(19)22)17(24)18-12(10-21)14-9-11-5-3-4-6-13(11)25-14/h3-6,9,12H,2,7-8H2,1H3,(H,18,24). The molecular formula is C17H16N3O4S. The van der Waals surface area contributed by atoms with Gasteiger partial charge in [-0.2, -0.15) is 0 Å². The van der Waals surface area contributed by atoms with Crippen LogP contribution in [0.2, 0.25) is 0 Å². The van der Waals surface area contributed by atoms with E-state index >= 15 is 0 Å². The van der Waals surface area contributed by atoms with Crippen LogP contribution in [0.1, 0.15) is 17.8 Å². The number of piperazine rings is 1. The zero-order valence-electron chi connectivity index (χ0n) is 13.5. The quantitative estimate of drug-likeness (QED) is 0.838. The highest BCUT2D eigenvalue weighted by atomic mass is 32.1. The number of amides is 4. The van der Waals surface area contributed by atoms with Crippen molar-refractivity contribution in [2.45, 2.75) is 13.0 Å². The molecule has 1 aromatic carbocycles. The number of nitrogens with zero attached hydrogens (tertiary/aromatic N) is 2. The van der Waals surface area contributed by atoms with Gasteiger partial charge in [-0.3, -0.25) is 19.3 Å². The van der Waals surface area contributed by atoms with E-state index in [-0.39, 0.29) is 13.1 Å². The van der Waals surface area contributed by atoms with Gasteiger partial charge in [-0.15, -0.1) is 11.3 Å². The molecule has 1 fully saturated rings. The van der Waals surface area contributed by atoms with E-state index in [2.05, 4.69) is 5.32 Å². The maximum Gasteiger partial charge on any atom is 0.325 e. The van der Waals surface area contributed by atoms with E-state index in [1.165, 1.54) is 16.2 Å². The summed E-state index contributed by atoms with van der Waals surface area (Å²) in [5.74, 6) is -1.59. The molecule has 0 bridgehead atoms. The van der Waals surface area contributed by atoms with Gasteiger partial charge in [-0.05, 0) is 24.4 Å². The molecular weight excluding hydrogens is 342 g/mol. The predicted molar refractivity (Wildman–Crippen MR) is 92.8 cm³/mol. The molecule has 1 N–H and O–H groups in total. The van der Waals surface area contributed by atoms with Crippen LogP contribution in [0, 0.1) is 0 Å². The summed E-state index contributed by atoms with van der Waals surface area (Å²) in [6, 6.07) is 7.65. The second-order valence-electron chi connectivity index (χ2n) is 5.53. The number of hydrogen-bond acceptors (Lipinski definition) is 5. The molecule has 2 heterocycles. The van der Waals surface area contributed by atoms with Crippen molar-refractivity contribution < 1.29 is 19.2 Å². The second-order valence-corrected chi connectivity index (χ2v) is 6.64. The van der Waals surface area contributed by atoms with Gasteiger partial charge in [0.2, 0.25) is 6.29 Å². The molecule has 7 nitrogen and oxygen atoms in total. The van der Waals surface area contributed by atoms with Gasteiger partial charge in [-0.25, -0.2) is 4.79 Å². The topological polar surface area (TPSA) is 86.8 Å². The van der Waals surface area contributed by atoms with Gasteiger partial charge >= 0.3 is 17.8 Å². The Morgan fingerprint density at radius 2 is 2.04 bits per heavy atom. The molecule has 0 saturated carbocycles. The predicted octanol–water partition coefficient (Wildman–Crippen LogP) is 1.45. The number of hydrogen-bond donors (Lipinski definition) is 1. The van der Waals surface area contributed by atoms with Crippen molar-refractivity contribution in [3.05, 3.63) is 35.2 Å². The number of urea groups is 1. The van der Waals surface area contributed by atoms with Crippen molar-refractivity contribution >= 4 is 45.6 Å². The first kappa shape index (κ1) is 17.1. The van der Waals surface area contributed by atoms with Crippen LogP contribution < -0.4 is 5.32 Å². The van der Waals surface area contributed by atoms with Crippen molar-refractivity contribution in [3.63, 3.8) is 0 Å². The van der Waals surface area contributed by atoms with E-state index < -0.39 is 23.9 Å². The Hall–Kier alpha value is -2.74. The lowest BCUT2D eigenvalue weighted by atomic mass is 10.2. The monoisotopic (exact) mass is 358 g/mol. The largest absolute Gasteiger partial charge is 0.333 e. The third kappa shape index (κ3) is 3.25. The van der Waals surface area contributed by atoms with E-state index in [0.717, 1.165) is 15.0 Å². The van der Waals surface area contributed by atoms with Crippen LogP contribution in [0.25, 0.3) is 10.1 Å². The Balaban J connectivity index is 1.75. The summed E-state index contributed by atoms with van der Waals surface area (Å²) in [5, 5.41) is 3.44. The highest BCUT2D eigenvalue weighted by Crippen LogP contribution is 2.29. The number of likely N-dealkylation sites (N-methyl/N-ethyl adjacent to an activating group) is 1. The molecule has 1 saturated heterocycles. The van der Waals surface area contributed by atoms with Gasteiger partial charge in [0.15, 0.2) is 0 Å². The fraction of sp³-hybridized carbons (Fsp3) is 0.294. The highest BCUT2D eigenvalue weighted by molar-refractivity contribution is 7.19. The van der Waals surface area contributed by atoms with Gasteiger partial charge in [0.1, 0.15) is 6.04 Å². The molecule has 25 heavy (non-hydrogen) atoms. The van der Waals surface area contributed by atoms with Crippen LogP contribution >= 0.6 is 11.3 Å². The van der Waals surface area contributed by atoms with Gasteiger partial charge < -0.3 is 10.2 Å². The van der Waals surface area contributed by atoms with E-state index in [0.29, 0.717) is 11.4 Å². The van der Waals surface area contributed by atoms with Crippen molar-refractivity contribution in [2.75, 3.05) is 19.6 Å². The molecule has 1 aliphatic heterocycles. The number of carbonyl (C=O) groups excluding carboxylic acids is 4. The lowest BCUT2D eigenvalue weighted by Crippen LogP contribution is -2.58. The van der Waals surface area contributed by atoms with Crippen LogP contribution in [0.3, 0.4) is 0 Å². The summed E-state index contributed by atoms with van der Waals surface area (Å²) >= 11 is 1.37. The number of thiophene rings is 1. The van der Waals surface area contributed by atoms with E-state index in [4.69, 9.17) is 0 Å². The zero-order valence-corrected chi connectivity index (χ0v) is 14.3. The molecule has 1 unspecified atom stereocenters. The molecule has 1 aromatic heterocycles. The molecule has 1 radical (unpaired) electrons. The fourth-order valence-electron chi connectivity index (χ4n) is 2.67. The first-order chi connectivity index (χ1) is 12.0. The Morgan fingerprint density at radius 1 is 1.28 bits per heavy atom. The molecule has 3 rings (SSSR count). The number of nitrogens with one attached hydrogen (secondary N) is 1. The molecule has 1 aliphatic rings. The Bertz CT molecular complexity index is 814. The molecule has 0 spiro atoms. The average Bonchev–Trinajstić information content (AvgIpc) is 3.05. The van der Waals surface area contributed by atoms with Crippen LogP contribution in [0.15, 0.2) is 30.3 Å². The van der Waals surface area contributed by atoms with E-state index in [1.807, 2.05) is 24.3 Å². The molecule has 129 valence electrons. The molecule has 4 amide bonds. The van der Waals surface area contributed by atoms with Crippen molar-refractivity contribution in [2.24, 2.45) is 0 Å². The summed E-state index contributed by atoms with van der Waals surface area (Å²) in [5.41, 5.74) is 0. The summed E-state index contributed by atoms with van der Waals surface area (Å²) < 4.78 is 0.981. The maximum atomic E-state index is 12.4. The van der Waals surface area contributed by atoms with Gasteiger partial charge in [-0.1, -0.05) is 18.2 Å². The van der Waals surface area contributed by atoms with Crippen LogP contribution in [0.4, 0.5) is 4.79 Å². The van der Waals surface area contributed by atoms with Crippen LogP contribution in [-0.2, 0) is 14.4 Å². The van der Waals surface area contributed by atoms with Crippen molar-refractivity contribution in [3.8, 4) is 0 Å². The first-order valence-electron chi connectivity index (χ1n) is 7.82. The summed E-state index contributed by atoms with van der Waals surface area (Å²) in [7, 11) is 0. The van der Waals surface area contributed by atoms with E-state index in [9.17, 15) is 19.2 Å². The molecule has 1 atom stereocenters. The van der Waals surface area contributed by atoms with Crippen LogP contribution in [-0.4, -0.2) is 53.6 Å². The van der Waals surface area contributed by atoms with Gasteiger partial charge in [0.05, 0.1) is 0 Å². The smallest absolute Gasteiger partial charge is 0.325 e.